The lowest BCUT2D eigenvalue weighted by molar-refractivity contribution is -0.921. The van der Waals surface area contributed by atoms with E-state index in [9.17, 15) is 0 Å². The van der Waals surface area contributed by atoms with Gasteiger partial charge in [0.15, 0.2) is 0 Å². The quantitative estimate of drug-likeness (QED) is 0.717. The van der Waals surface area contributed by atoms with Crippen LogP contribution < -0.4 is 0 Å². The maximum absolute atomic E-state index is 4.97. The fourth-order valence-electron chi connectivity index (χ4n) is 3.66. The van der Waals surface area contributed by atoms with Gasteiger partial charge in [0.1, 0.15) is 12.7 Å². The Kier molecular flexibility index (Phi) is 4.89. The summed E-state index contributed by atoms with van der Waals surface area (Å²) in [5, 5.41) is 2.36. The molecule has 0 aliphatic carbocycles. The molecule has 1 aliphatic rings. The molecule has 0 aromatic heterocycles. The van der Waals surface area contributed by atoms with E-state index in [0.29, 0.717) is 4.59 Å². The monoisotopic (exact) mass is 334 g/mol. The van der Waals surface area contributed by atoms with Gasteiger partial charge in [-0.2, -0.15) is 9.58 Å². The van der Waals surface area contributed by atoms with Crippen LogP contribution in [-0.4, -0.2) is 29.0 Å². The third-order valence-corrected chi connectivity index (χ3v) is 4.86. The zero-order valence-electron chi connectivity index (χ0n) is 16.0. The number of nitrogens with zero attached hydrogens (tertiary/aromatic N) is 3. The molecule has 0 amide bonds. The number of hydrogen-bond donors (Lipinski definition) is 0. The second-order valence-corrected chi connectivity index (χ2v) is 7.03. The van der Waals surface area contributed by atoms with E-state index in [2.05, 4.69) is 94.5 Å². The molecule has 3 rings (SSSR count). The molecule has 0 radical (unpaired) electrons. The summed E-state index contributed by atoms with van der Waals surface area (Å²) in [7, 11) is 2.18. The maximum atomic E-state index is 4.97. The summed E-state index contributed by atoms with van der Waals surface area (Å²) < 4.78 is 0.634. The molecule has 2 aromatic rings. The summed E-state index contributed by atoms with van der Waals surface area (Å²) >= 11 is 0. The molecule has 0 spiro atoms. The molecule has 1 heterocycles. The fraction of sp³-hybridized carbons (Fsp3) is 0.318. The van der Waals surface area contributed by atoms with Crippen molar-refractivity contribution in [3.05, 3.63) is 82.7 Å². The van der Waals surface area contributed by atoms with Gasteiger partial charge >= 0.3 is 0 Å². The lowest BCUT2D eigenvalue weighted by Gasteiger charge is -2.38. The van der Waals surface area contributed by atoms with Crippen LogP contribution >= 0.6 is 0 Å². The van der Waals surface area contributed by atoms with Crippen LogP contribution in [0.15, 0.2) is 65.4 Å². The Morgan fingerprint density at radius 2 is 1.60 bits per heavy atom. The van der Waals surface area contributed by atoms with Crippen molar-refractivity contribution in [1.82, 2.24) is 5.01 Å². The Bertz CT molecular complexity index is 800. The number of aliphatic imine (C=N–C) groups is 1. The largest absolute Gasteiger partial charge is 0.260 e. The molecule has 0 N–H and O–H groups in total. The summed E-state index contributed by atoms with van der Waals surface area (Å²) in [6.07, 6.45) is 2.28. The Labute approximate surface area is 151 Å². The van der Waals surface area contributed by atoms with Crippen LogP contribution in [-0.2, 0) is 6.54 Å². The number of benzene rings is 2. The average Bonchev–Trinajstić information content (AvgIpc) is 2.91. The van der Waals surface area contributed by atoms with E-state index in [1.807, 2.05) is 0 Å². The standard InChI is InChI=1S/C22H28N3/c1-6-24(5)25(16-20-10-8-7-9-11-20)15-19(4)23-22(25)21-13-17(2)12-18(3)14-21/h7-15H,6,16H2,1-5H3/q+1. The van der Waals surface area contributed by atoms with Crippen molar-refractivity contribution in [2.75, 3.05) is 13.6 Å². The van der Waals surface area contributed by atoms with Gasteiger partial charge in [-0.05, 0) is 51.0 Å². The fourth-order valence-corrected chi connectivity index (χ4v) is 3.66. The van der Waals surface area contributed by atoms with Crippen molar-refractivity contribution in [3.63, 3.8) is 0 Å². The van der Waals surface area contributed by atoms with Gasteiger partial charge in [0, 0.05) is 19.2 Å². The first kappa shape index (κ1) is 17.6. The molecule has 1 atom stereocenters. The Morgan fingerprint density at radius 3 is 2.20 bits per heavy atom. The summed E-state index contributed by atoms with van der Waals surface area (Å²) in [6, 6.07) is 17.4. The van der Waals surface area contributed by atoms with E-state index in [0.717, 1.165) is 24.6 Å². The smallest absolute Gasteiger partial charge is 0.193 e. The van der Waals surface area contributed by atoms with Crippen LogP contribution in [0.25, 0.3) is 0 Å². The number of hydrogen-bond acceptors (Lipinski definition) is 2. The van der Waals surface area contributed by atoms with Crippen molar-refractivity contribution in [2.24, 2.45) is 4.99 Å². The van der Waals surface area contributed by atoms with Crippen LogP contribution in [0.3, 0.4) is 0 Å². The van der Waals surface area contributed by atoms with Gasteiger partial charge in [-0.1, -0.05) is 36.4 Å². The summed E-state index contributed by atoms with van der Waals surface area (Å²) in [5.41, 5.74) is 6.15. The van der Waals surface area contributed by atoms with Gasteiger partial charge < -0.3 is 0 Å². The van der Waals surface area contributed by atoms with Gasteiger partial charge in [0.2, 0.25) is 0 Å². The molecule has 0 bridgehead atoms. The lowest BCUT2D eigenvalue weighted by Crippen LogP contribution is -2.57. The first-order valence-corrected chi connectivity index (χ1v) is 8.95. The molecule has 3 nitrogen and oxygen atoms in total. The van der Waals surface area contributed by atoms with Gasteiger partial charge in [-0.25, -0.2) is 0 Å². The third-order valence-electron chi connectivity index (χ3n) is 4.86. The molecule has 1 unspecified atom stereocenters. The Balaban J connectivity index is 2.13. The minimum atomic E-state index is 0.634. The summed E-state index contributed by atoms with van der Waals surface area (Å²) in [6.45, 7) is 10.4. The highest BCUT2D eigenvalue weighted by Crippen LogP contribution is 2.31. The third kappa shape index (κ3) is 3.44. The molecule has 1 aliphatic heterocycles. The van der Waals surface area contributed by atoms with Crippen LogP contribution in [0.4, 0.5) is 0 Å². The SMILES string of the molecule is CCN(C)[N+]1(Cc2ccccc2)C=C(C)N=C1c1cc(C)cc(C)c1. The van der Waals surface area contributed by atoms with E-state index in [-0.39, 0.29) is 0 Å². The lowest BCUT2D eigenvalue weighted by atomic mass is 10.1. The molecule has 0 saturated heterocycles. The topological polar surface area (TPSA) is 15.6 Å². The molecule has 2 aromatic carbocycles. The molecule has 25 heavy (non-hydrogen) atoms. The van der Waals surface area contributed by atoms with Crippen molar-refractivity contribution in [2.45, 2.75) is 34.2 Å². The number of allylic oxidation sites excluding steroid dienone is 1. The van der Waals surface area contributed by atoms with Crippen molar-refractivity contribution < 1.29 is 4.59 Å². The highest BCUT2D eigenvalue weighted by atomic mass is 15.8. The first-order valence-electron chi connectivity index (χ1n) is 8.95. The number of quaternary nitrogens is 1. The number of rotatable bonds is 5. The highest BCUT2D eigenvalue weighted by Gasteiger charge is 2.42. The highest BCUT2D eigenvalue weighted by molar-refractivity contribution is 5.96. The average molecular weight is 334 g/mol. The molecule has 3 heteroatoms. The Hall–Kier alpha value is -2.23. The molecule has 130 valence electrons. The van der Waals surface area contributed by atoms with Gasteiger partial charge in [-0.15, -0.1) is 5.01 Å². The number of amidine groups is 1. The molecule has 0 saturated carbocycles. The van der Waals surface area contributed by atoms with Crippen LogP contribution in [0.5, 0.6) is 0 Å². The van der Waals surface area contributed by atoms with Crippen molar-refractivity contribution in [3.8, 4) is 0 Å². The van der Waals surface area contributed by atoms with E-state index in [4.69, 9.17) is 4.99 Å². The predicted octanol–water partition coefficient (Wildman–Crippen LogP) is 4.81. The Morgan fingerprint density at radius 1 is 0.960 bits per heavy atom. The van der Waals surface area contributed by atoms with Crippen LogP contribution in [0, 0.1) is 13.8 Å². The van der Waals surface area contributed by atoms with Crippen molar-refractivity contribution >= 4 is 5.84 Å². The molecule has 0 fully saturated rings. The zero-order valence-corrected chi connectivity index (χ0v) is 16.0. The second-order valence-electron chi connectivity index (χ2n) is 7.03. The van der Waals surface area contributed by atoms with Crippen LogP contribution in [0.2, 0.25) is 0 Å². The molecular formula is C22H28N3+. The molecular weight excluding hydrogens is 306 g/mol. The van der Waals surface area contributed by atoms with Gasteiger partial charge in [-0.3, -0.25) is 0 Å². The minimum Gasteiger partial charge on any atom is -0.193 e. The first-order chi connectivity index (χ1) is 11.9. The van der Waals surface area contributed by atoms with E-state index < -0.39 is 0 Å². The van der Waals surface area contributed by atoms with Crippen LogP contribution in [0.1, 0.15) is 36.1 Å². The van der Waals surface area contributed by atoms with Gasteiger partial charge in [0.05, 0.1) is 11.3 Å². The zero-order chi connectivity index (χ0) is 18.0. The summed E-state index contributed by atoms with van der Waals surface area (Å²) in [5.74, 6) is 1.11. The predicted molar refractivity (Wildman–Crippen MR) is 105 cm³/mol. The summed E-state index contributed by atoms with van der Waals surface area (Å²) in [4.78, 5) is 4.97. The van der Waals surface area contributed by atoms with E-state index in [1.165, 1.54) is 22.3 Å². The van der Waals surface area contributed by atoms with E-state index >= 15 is 0 Å². The normalized spacial score (nSPS) is 19.9. The van der Waals surface area contributed by atoms with Crippen molar-refractivity contribution in [1.29, 1.82) is 0 Å². The maximum Gasteiger partial charge on any atom is 0.260 e. The minimum absolute atomic E-state index is 0.634. The second kappa shape index (κ2) is 6.95. The van der Waals surface area contributed by atoms with E-state index in [1.54, 1.807) is 0 Å². The number of aryl methyl sites for hydroxylation is 2. The van der Waals surface area contributed by atoms with Gasteiger partial charge in [0.25, 0.3) is 5.84 Å².